The zero-order chi connectivity index (χ0) is 17.4. The number of fused-ring (bicyclic) bond motifs is 5. The van der Waals surface area contributed by atoms with Gasteiger partial charge in [0.2, 0.25) is 0 Å². The van der Waals surface area contributed by atoms with Gasteiger partial charge < -0.3 is 10.1 Å². The molecule has 0 amide bonds. The van der Waals surface area contributed by atoms with Crippen molar-refractivity contribution in [3.05, 3.63) is 23.1 Å². The minimum atomic E-state index is 0.620. The number of aromatic nitrogens is 3. The topological polar surface area (TPSA) is 59.9 Å². The van der Waals surface area contributed by atoms with Crippen LogP contribution in [0.3, 0.4) is 0 Å². The van der Waals surface area contributed by atoms with Crippen molar-refractivity contribution in [3.8, 4) is 0 Å². The van der Waals surface area contributed by atoms with Gasteiger partial charge in [0.25, 0.3) is 0 Å². The first kappa shape index (κ1) is 16.7. The minimum Gasteiger partial charge on any atom is -0.383 e. The Kier molecular flexibility index (Phi) is 4.56. The molecule has 0 saturated heterocycles. The molecule has 6 heteroatoms. The summed E-state index contributed by atoms with van der Waals surface area (Å²) in [5.41, 5.74) is 5.31. The van der Waals surface area contributed by atoms with Crippen molar-refractivity contribution < 1.29 is 4.74 Å². The Labute approximate surface area is 151 Å². The number of ether oxygens (including phenoxy) is 1. The molecular weight excluding hydrogens is 332 g/mol. The highest BCUT2D eigenvalue weighted by atomic mass is 32.1. The second kappa shape index (κ2) is 6.84. The van der Waals surface area contributed by atoms with Crippen LogP contribution in [-0.2, 0) is 24.0 Å². The average Bonchev–Trinajstić information content (AvgIpc) is 3.18. The molecule has 0 bridgehead atoms. The normalized spacial score (nSPS) is 13.9. The first-order chi connectivity index (χ1) is 12.2. The molecule has 3 aromatic heterocycles. The molecule has 0 spiro atoms. The molecule has 0 unspecified atom stereocenters. The summed E-state index contributed by atoms with van der Waals surface area (Å²) in [6.45, 7) is 5.92. The van der Waals surface area contributed by atoms with E-state index in [2.05, 4.69) is 29.1 Å². The third-order valence-electron chi connectivity index (χ3n) is 4.76. The van der Waals surface area contributed by atoms with Gasteiger partial charge in [-0.3, -0.25) is 0 Å². The standard InChI is InChI=1S/C19H24N4OS/c1-11(2)9-14-12-5-4-6-13(12)15-16-17(25-19(15)23-14)18(22-10-21-16)20-7-8-24-3/h10-11H,4-9H2,1-3H3,(H,20,21,22). The molecule has 1 aliphatic carbocycles. The van der Waals surface area contributed by atoms with Crippen LogP contribution in [0.1, 0.15) is 37.1 Å². The van der Waals surface area contributed by atoms with Crippen LogP contribution in [0.5, 0.6) is 0 Å². The molecule has 0 saturated carbocycles. The summed E-state index contributed by atoms with van der Waals surface area (Å²) < 4.78 is 6.24. The Morgan fingerprint density at radius 3 is 2.88 bits per heavy atom. The number of rotatable bonds is 6. The Bertz CT molecular complexity index is 919. The lowest BCUT2D eigenvalue weighted by molar-refractivity contribution is 0.210. The molecule has 0 atom stereocenters. The van der Waals surface area contributed by atoms with Crippen molar-refractivity contribution in [2.75, 3.05) is 25.6 Å². The number of thiophene rings is 1. The van der Waals surface area contributed by atoms with E-state index in [9.17, 15) is 0 Å². The Morgan fingerprint density at radius 1 is 1.24 bits per heavy atom. The molecule has 1 aliphatic rings. The smallest absolute Gasteiger partial charge is 0.147 e. The van der Waals surface area contributed by atoms with Gasteiger partial charge in [-0.05, 0) is 42.7 Å². The highest BCUT2D eigenvalue weighted by Crippen LogP contribution is 2.41. The van der Waals surface area contributed by atoms with E-state index in [4.69, 9.17) is 9.72 Å². The fourth-order valence-electron chi connectivity index (χ4n) is 3.73. The van der Waals surface area contributed by atoms with E-state index in [-0.39, 0.29) is 0 Å². The van der Waals surface area contributed by atoms with Crippen LogP contribution in [0.2, 0.25) is 0 Å². The fraction of sp³-hybridized carbons (Fsp3) is 0.526. The second-order valence-corrected chi connectivity index (χ2v) is 8.07. The monoisotopic (exact) mass is 356 g/mol. The van der Waals surface area contributed by atoms with Gasteiger partial charge in [-0.1, -0.05) is 13.8 Å². The zero-order valence-electron chi connectivity index (χ0n) is 15.1. The van der Waals surface area contributed by atoms with Crippen molar-refractivity contribution in [1.82, 2.24) is 15.0 Å². The summed E-state index contributed by atoms with van der Waals surface area (Å²) in [5.74, 6) is 1.51. The summed E-state index contributed by atoms with van der Waals surface area (Å²) in [4.78, 5) is 15.2. The Balaban J connectivity index is 1.89. The quantitative estimate of drug-likeness (QED) is 0.677. The lowest BCUT2D eigenvalue weighted by Crippen LogP contribution is -2.08. The third-order valence-corrected chi connectivity index (χ3v) is 5.84. The van der Waals surface area contributed by atoms with E-state index in [0.717, 1.165) is 46.7 Å². The summed E-state index contributed by atoms with van der Waals surface area (Å²) in [7, 11) is 1.71. The van der Waals surface area contributed by atoms with Crippen LogP contribution in [-0.4, -0.2) is 35.2 Å². The molecule has 0 aliphatic heterocycles. The van der Waals surface area contributed by atoms with Gasteiger partial charge in [0.15, 0.2) is 0 Å². The summed E-state index contributed by atoms with van der Waals surface area (Å²) in [5, 5.41) is 4.63. The number of hydrogen-bond donors (Lipinski definition) is 1. The SMILES string of the molecule is COCCNc1ncnc2c1sc1nc(CC(C)C)c3c(c12)CCC3. The molecule has 0 aromatic carbocycles. The minimum absolute atomic E-state index is 0.620. The van der Waals surface area contributed by atoms with Crippen LogP contribution in [0.15, 0.2) is 6.33 Å². The molecule has 25 heavy (non-hydrogen) atoms. The van der Waals surface area contributed by atoms with Crippen LogP contribution >= 0.6 is 11.3 Å². The molecule has 3 aromatic rings. The van der Waals surface area contributed by atoms with E-state index in [0.29, 0.717) is 12.5 Å². The molecule has 0 radical (unpaired) electrons. The molecule has 0 fully saturated rings. The van der Waals surface area contributed by atoms with E-state index >= 15 is 0 Å². The van der Waals surface area contributed by atoms with E-state index in [1.54, 1.807) is 24.8 Å². The highest BCUT2D eigenvalue weighted by molar-refractivity contribution is 7.26. The van der Waals surface area contributed by atoms with Crippen LogP contribution in [0.4, 0.5) is 5.82 Å². The van der Waals surface area contributed by atoms with Gasteiger partial charge >= 0.3 is 0 Å². The maximum Gasteiger partial charge on any atom is 0.147 e. The van der Waals surface area contributed by atoms with Gasteiger partial charge in [-0.15, -0.1) is 11.3 Å². The number of methoxy groups -OCH3 is 1. The van der Waals surface area contributed by atoms with Crippen molar-refractivity contribution in [2.24, 2.45) is 5.92 Å². The maximum absolute atomic E-state index is 5.13. The van der Waals surface area contributed by atoms with Gasteiger partial charge in [0.05, 0.1) is 16.8 Å². The van der Waals surface area contributed by atoms with Gasteiger partial charge in [0.1, 0.15) is 17.0 Å². The van der Waals surface area contributed by atoms with Crippen molar-refractivity contribution in [2.45, 2.75) is 39.5 Å². The van der Waals surface area contributed by atoms with E-state index < -0.39 is 0 Å². The zero-order valence-corrected chi connectivity index (χ0v) is 15.9. The molecule has 3 heterocycles. The predicted molar refractivity (Wildman–Crippen MR) is 104 cm³/mol. The third kappa shape index (κ3) is 2.98. The fourth-order valence-corrected chi connectivity index (χ4v) is 4.87. The molecule has 5 nitrogen and oxygen atoms in total. The Hall–Kier alpha value is -1.79. The predicted octanol–water partition coefficient (Wildman–Crippen LogP) is 3.99. The summed E-state index contributed by atoms with van der Waals surface area (Å²) in [6.07, 6.45) is 6.23. The molecule has 132 valence electrons. The average molecular weight is 356 g/mol. The van der Waals surface area contributed by atoms with Crippen LogP contribution in [0, 0.1) is 5.92 Å². The number of hydrogen-bond acceptors (Lipinski definition) is 6. The van der Waals surface area contributed by atoms with Crippen molar-refractivity contribution >= 4 is 37.6 Å². The summed E-state index contributed by atoms with van der Waals surface area (Å²) in [6, 6.07) is 0. The first-order valence-corrected chi connectivity index (χ1v) is 9.81. The lowest BCUT2D eigenvalue weighted by Gasteiger charge is -2.11. The second-order valence-electron chi connectivity index (χ2n) is 7.07. The lowest BCUT2D eigenvalue weighted by atomic mass is 9.99. The molecular formula is C19H24N4OS. The number of aryl methyl sites for hydroxylation is 1. The number of nitrogens with one attached hydrogen (secondary N) is 1. The van der Waals surface area contributed by atoms with E-state index in [1.807, 2.05) is 0 Å². The largest absolute Gasteiger partial charge is 0.383 e. The van der Waals surface area contributed by atoms with Crippen molar-refractivity contribution in [3.63, 3.8) is 0 Å². The van der Waals surface area contributed by atoms with Crippen LogP contribution in [0.25, 0.3) is 20.4 Å². The van der Waals surface area contributed by atoms with Crippen molar-refractivity contribution in [1.29, 1.82) is 0 Å². The summed E-state index contributed by atoms with van der Waals surface area (Å²) >= 11 is 1.71. The highest BCUT2D eigenvalue weighted by Gasteiger charge is 2.24. The first-order valence-electron chi connectivity index (χ1n) is 8.99. The maximum atomic E-state index is 5.13. The van der Waals surface area contributed by atoms with Gasteiger partial charge in [0, 0.05) is 24.7 Å². The van der Waals surface area contributed by atoms with Crippen LogP contribution < -0.4 is 5.32 Å². The number of anilines is 1. The number of pyridine rings is 1. The van der Waals surface area contributed by atoms with E-state index in [1.165, 1.54) is 28.6 Å². The molecule has 4 rings (SSSR count). The van der Waals surface area contributed by atoms with Gasteiger partial charge in [-0.25, -0.2) is 15.0 Å². The van der Waals surface area contributed by atoms with Gasteiger partial charge in [-0.2, -0.15) is 0 Å². The number of nitrogens with zero attached hydrogens (tertiary/aromatic N) is 3. The Morgan fingerprint density at radius 2 is 2.08 bits per heavy atom. The molecule has 1 N–H and O–H groups in total.